The predicted molar refractivity (Wildman–Crippen MR) is 95.8 cm³/mol. The Kier molecular flexibility index (Phi) is 10.6. The molecule has 0 saturated heterocycles. The van der Waals surface area contributed by atoms with Crippen molar-refractivity contribution < 1.29 is 29.7 Å². The minimum atomic E-state index is -1.52. The molecule has 0 saturated carbocycles. The van der Waals surface area contributed by atoms with E-state index in [0.717, 1.165) is 0 Å². The minimum absolute atomic E-state index is 0.0115. The zero-order valence-corrected chi connectivity index (χ0v) is 15.3. The number of rotatable bonds is 11. The number of hydrogen-bond acceptors (Lipinski definition) is 8. The van der Waals surface area contributed by atoms with Gasteiger partial charge in [0.2, 0.25) is 5.91 Å². The van der Waals surface area contributed by atoms with Gasteiger partial charge in [-0.3, -0.25) is 4.79 Å². The fraction of sp³-hybridized carbons (Fsp3) is 0.692. The van der Waals surface area contributed by atoms with Gasteiger partial charge in [0.1, 0.15) is 4.99 Å². The van der Waals surface area contributed by atoms with Gasteiger partial charge in [0.15, 0.2) is 6.04 Å². The van der Waals surface area contributed by atoms with Crippen molar-refractivity contribution in [2.45, 2.75) is 37.6 Å². The molecule has 0 aliphatic heterocycles. The number of urea groups is 1. The molecular weight excluding hydrogens is 368 g/mol. The summed E-state index contributed by atoms with van der Waals surface area (Å²) in [5, 5.41) is 33.1. The van der Waals surface area contributed by atoms with Gasteiger partial charge < -0.3 is 42.4 Å². The summed E-state index contributed by atoms with van der Waals surface area (Å²) in [7, 11) is 1.53. The molecule has 10 N–H and O–H groups in total. The van der Waals surface area contributed by atoms with Crippen LogP contribution in [-0.4, -0.2) is 87.7 Å². The van der Waals surface area contributed by atoms with Crippen molar-refractivity contribution in [1.82, 2.24) is 21.1 Å². The Balaban J connectivity index is 4.79. The van der Waals surface area contributed by atoms with Crippen molar-refractivity contribution in [3.8, 4) is 0 Å². The maximum atomic E-state index is 11.9. The van der Waals surface area contributed by atoms with E-state index in [4.69, 9.17) is 33.9 Å². The van der Waals surface area contributed by atoms with Gasteiger partial charge in [-0.1, -0.05) is 12.2 Å². The van der Waals surface area contributed by atoms with Crippen LogP contribution >= 0.6 is 12.2 Å². The number of hydrogen-bond donors (Lipinski definition) is 8. The van der Waals surface area contributed by atoms with Crippen molar-refractivity contribution in [3.63, 3.8) is 0 Å². The van der Waals surface area contributed by atoms with E-state index < -0.39 is 42.1 Å². The molecule has 0 bridgehead atoms. The molecule has 3 amide bonds. The van der Waals surface area contributed by atoms with Gasteiger partial charge in [-0.05, 0) is 6.92 Å². The van der Waals surface area contributed by atoms with E-state index in [9.17, 15) is 19.5 Å². The first-order valence-corrected chi connectivity index (χ1v) is 8.04. The van der Waals surface area contributed by atoms with Crippen molar-refractivity contribution in [3.05, 3.63) is 0 Å². The van der Waals surface area contributed by atoms with Gasteiger partial charge in [0.25, 0.3) is 0 Å². The number of aliphatic carboxylic acids is 1. The molecule has 0 spiro atoms. The van der Waals surface area contributed by atoms with Crippen molar-refractivity contribution >= 4 is 35.1 Å². The van der Waals surface area contributed by atoms with E-state index in [-0.39, 0.29) is 24.6 Å². The van der Waals surface area contributed by atoms with E-state index in [1.54, 1.807) is 0 Å². The average Bonchev–Trinajstić information content (AvgIpc) is 2.54. The first-order chi connectivity index (χ1) is 12.0. The Hall–Kier alpha value is -2.06. The van der Waals surface area contributed by atoms with Crippen molar-refractivity contribution in [2.75, 3.05) is 20.2 Å². The maximum absolute atomic E-state index is 11.9. The number of nitrogens with two attached hydrogens (primary N) is 2. The monoisotopic (exact) mass is 394 g/mol. The first kappa shape index (κ1) is 23.9. The third-order valence-electron chi connectivity index (χ3n) is 3.24. The second kappa shape index (κ2) is 11.5. The number of nitrogens with zero attached hydrogens (tertiary/aromatic N) is 1. The fourth-order valence-electron chi connectivity index (χ4n) is 1.83. The summed E-state index contributed by atoms with van der Waals surface area (Å²) >= 11 is 5.03. The molecule has 0 aromatic carbocycles. The van der Waals surface area contributed by atoms with Gasteiger partial charge in [-0.15, -0.1) is 0 Å². The van der Waals surface area contributed by atoms with Crippen LogP contribution in [0.25, 0.3) is 0 Å². The smallest absolute Gasteiger partial charge is 0.328 e. The van der Waals surface area contributed by atoms with Crippen LogP contribution in [0.15, 0.2) is 0 Å². The summed E-state index contributed by atoms with van der Waals surface area (Å²) in [6.45, 7) is 0.867. The van der Waals surface area contributed by atoms with Crippen LogP contribution in [0.4, 0.5) is 4.79 Å². The Labute approximate surface area is 155 Å². The number of carbonyl (C=O) groups excluding carboxylic acids is 2. The third-order valence-corrected chi connectivity index (χ3v) is 3.81. The van der Waals surface area contributed by atoms with Crippen LogP contribution in [0.3, 0.4) is 0 Å². The summed E-state index contributed by atoms with van der Waals surface area (Å²) in [5.41, 5.74) is 13.5. The molecule has 0 radical (unpaired) electrons. The highest BCUT2D eigenvalue weighted by Crippen LogP contribution is 1.96. The summed E-state index contributed by atoms with van der Waals surface area (Å²) in [6, 6.07) is -3.99. The Morgan fingerprint density at radius 3 is 2.27 bits per heavy atom. The summed E-state index contributed by atoms with van der Waals surface area (Å²) in [5.74, 6) is -2.11. The number of amides is 3. The number of thiocarbonyl (C=S) groups is 1. The highest BCUT2D eigenvalue weighted by Gasteiger charge is 2.26. The largest absolute Gasteiger partial charge is 0.480 e. The van der Waals surface area contributed by atoms with Crippen LogP contribution in [0.2, 0.25) is 0 Å². The van der Waals surface area contributed by atoms with E-state index in [0.29, 0.717) is 0 Å². The quantitative estimate of drug-likeness (QED) is 0.128. The lowest BCUT2D eigenvalue weighted by atomic mass is 10.2. The highest BCUT2D eigenvalue weighted by atomic mass is 32.1. The van der Waals surface area contributed by atoms with Crippen LogP contribution in [-0.2, 0) is 9.59 Å². The van der Waals surface area contributed by atoms with Gasteiger partial charge >= 0.3 is 12.0 Å². The molecule has 150 valence electrons. The lowest BCUT2D eigenvalue weighted by Gasteiger charge is -2.27. The standard InChI is InChI=1S/C13H26N6O6S/c1-6(21)10(12(23)24)18-13(25)17-7(3-9(15)22)4-16-19(2)11(26)8(14)5-20/h6-8,10,16,20-21H,3-5,14H2,1-2H3,(H2,15,22)(H,23,24)(H2,17,18,25)/t6?,7?,8-,10-/m0/s1. The van der Waals surface area contributed by atoms with Crippen LogP contribution in [0.1, 0.15) is 13.3 Å². The number of likely N-dealkylation sites (N-methyl/N-ethyl adjacent to an activating group) is 1. The summed E-state index contributed by atoms with van der Waals surface area (Å²) < 4.78 is 0. The molecule has 0 heterocycles. The topological polar surface area (TPSA) is 203 Å². The number of carboxylic acid groups (broad SMARTS) is 1. The second-order valence-corrected chi connectivity index (χ2v) is 6.01. The number of nitrogens with one attached hydrogen (secondary N) is 3. The van der Waals surface area contributed by atoms with Gasteiger partial charge in [-0.25, -0.2) is 15.0 Å². The van der Waals surface area contributed by atoms with Crippen LogP contribution < -0.4 is 27.5 Å². The molecule has 26 heavy (non-hydrogen) atoms. The van der Waals surface area contributed by atoms with Gasteiger partial charge in [0.05, 0.1) is 24.8 Å². The number of hydrazine groups is 1. The minimum Gasteiger partial charge on any atom is -0.480 e. The molecule has 12 nitrogen and oxygen atoms in total. The highest BCUT2D eigenvalue weighted by molar-refractivity contribution is 7.80. The third kappa shape index (κ3) is 8.87. The SMILES string of the molecule is CC(O)[C@H](NC(=O)NC(CNN(C)C(=S)[C@@H](N)CO)CC(N)=O)C(=O)O. The van der Waals surface area contributed by atoms with Gasteiger partial charge in [-0.2, -0.15) is 0 Å². The summed E-state index contributed by atoms with van der Waals surface area (Å²) in [6.07, 6.45) is -1.56. The van der Waals surface area contributed by atoms with E-state index in [1.165, 1.54) is 19.0 Å². The van der Waals surface area contributed by atoms with E-state index in [2.05, 4.69) is 16.1 Å². The maximum Gasteiger partial charge on any atom is 0.328 e. The molecule has 13 heteroatoms. The molecule has 0 aromatic rings. The number of carboxylic acids is 1. The molecule has 0 aromatic heterocycles. The molecule has 0 fully saturated rings. The molecule has 0 aliphatic rings. The Bertz CT molecular complexity index is 519. The second-order valence-electron chi connectivity index (χ2n) is 5.59. The molecule has 2 unspecified atom stereocenters. The Morgan fingerprint density at radius 2 is 1.85 bits per heavy atom. The zero-order chi connectivity index (χ0) is 20.4. The van der Waals surface area contributed by atoms with Crippen LogP contribution in [0, 0.1) is 0 Å². The lowest BCUT2D eigenvalue weighted by Crippen LogP contribution is -2.57. The molecule has 0 aliphatic carbocycles. The fourth-order valence-corrected chi connectivity index (χ4v) is 1.97. The molecular formula is C13H26N6O6S. The van der Waals surface area contributed by atoms with Crippen molar-refractivity contribution in [1.29, 1.82) is 0 Å². The Morgan fingerprint density at radius 1 is 1.27 bits per heavy atom. The van der Waals surface area contributed by atoms with Crippen molar-refractivity contribution in [2.24, 2.45) is 11.5 Å². The molecule has 0 rings (SSSR count). The predicted octanol–water partition coefficient (Wildman–Crippen LogP) is -3.55. The normalized spacial score (nSPS) is 15.3. The zero-order valence-electron chi connectivity index (χ0n) is 14.5. The number of aliphatic hydroxyl groups is 2. The number of aliphatic hydroxyl groups excluding tert-OH is 2. The molecule has 4 atom stereocenters. The first-order valence-electron chi connectivity index (χ1n) is 7.63. The van der Waals surface area contributed by atoms with E-state index >= 15 is 0 Å². The lowest BCUT2D eigenvalue weighted by molar-refractivity contribution is -0.141. The summed E-state index contributed by atoms with van der Waals surface area (Å²) in [4.78, 5) is 34.3. The number of carbonyl (C=O) groups is 3. The number of primary amides is 1. The van der Waals surface area contributed by atoms with E-state index in [1.807, 2.05) is 0 Å². The average molecular weight is 394 g/mol. The van der Waals surface area contributed by atoms with Gasteiger partial charge in [0, 0.05) is 20.0 Å². The van der Waals surface area contributed by atoms with Crippen LogP contribution in [0.5, 0.6) is 0 Å².